The summed E-state index contributed by atoms with van der Waals surface area (Å²) < 4.78 is 21.7. The lowest BCUT2D eigenvalue weighted by atomic mass is 9.70. The first kappa shape index (κ1) is 27.5. The van der Waals surface area contributed by atoms with Crippen LogP contribution < -0.4 is 4.74 Å². The Balaban J connectivity index is 1.24. The van der Waals surface area contributed by atoms with E-state index >= 15 is 4.39 Å². The van der Waals surface area contributed by atoms with Crippen molar-refractivity contribution >= 4 is 0 Å². The molecule has 0 amide bonds. The molecule has 0 aliphatic heterocycles. The minimum atomic E-state index is -0.0135. The molecule has 0 bridgehead atoms. The lowest BCUT2D eigenvalue weighted by Gasteiger charge is -2.35. The Bertz CT molecular complexity index is 841. The van der Waals surface area contributed by atoms with Crippen LogP contribution in [0.5, 0.6) is 5.75 Å². The van der Waals surface area contributed by atoms with Gasteiger partial charge in [-0.05, 0) is 125 Å². The minimum absolute atomic E-state index is 0.0135. The molecule has 0 spiro atoms. The van der Waals surface area contributed by atoms with Crippen LogP contribution in [0.25, 0.3) is 0 Å². The van der Waals surface area contributed by atoms with Crippen molar-refractivity contribution in [3.8, 4) is 5.75 Å². The molecule has 2 atom stereocenters. The molecular weight excluding hydrogens is 443 g/mol. The number of rotatable bonds is 11. The third-order valence-electron chi connectivity index (χ3n) is 9.83. The second-order valence-electron chi connectivity index (χ2n) is 12.3. The molecule has 3 aliphatic carbocycles. The zero-order chi connectivity index (χ0) is 25.3. The van der Waals surface area contributed by atoms with E-state index in [1.165, 1.54) is 77.0 Å². The summed E-state index contributed by atoms with van der Waals surface area (Å²) in [6.07, 6.45) is 26.1. The van der Waals surface area contributed by atoms with Gasteiger partial charge in [-0.3, -0.25) is 0 Å². The van der Waals surface area contributed by atoms with Gasteiger partial charge in [0, 0.05) is 5.56 Å². The second kappa shape index (κ2) is 13.8. The molecule has 0 aromatic heterocycles. The van der Waals surface area contributed by atoms with Crippen LogP contribution in [0.3, 0.4) is 0 Å². The summed E-state index contributed by atoms with van der Waals surface area (Å²) in [4.78, 5) is 0. The molecule has 2 fully saturated rings. The Hall–Kier alpha value is -1.57. The van der Waals surface area contributed by atoms with Crippen molar-refractivity contribution in [2.45, 2.75) is 116 Å². The van der Waals surface area contributed by atoms with Crippen molar-refractivity contribution in [1.82, 2.24) is 0 Å². The Morgan fingerprint density at radius 2 is 1.67 bits per heavy atom. The molecule has 1 aromatic carbocycles. The summed E-state index contributed by atoms with van der Waals surface area (Å²) >= 11 is 0. The molecular formula is C34H51FO. The number of unbranched alkanes of at least 4 members (excludes halogenated alkanes) is 1. The van der Waals surface area contributed by atoms with Crippen LogP contribution >= 0.6 is 0 Å². The fraction of sp³-hybridized carbons (Fsp3) is 0.706. The zero-order valence-electron chi connectivity index (χ0n) is 23.2. The van der Waals surface area contributed by atoms with Gasteiger partial charge in [-0.25, -0.2) is 4.39 Å². The molecule has 200 valence electrons. The van der Waals surface area contributed by atoms with Crippen LogP contribution in [-0.4, -0.2) is 6.61 Å². The number of allylic oxidation sites excluding steroid dienone is 3. The zero-order valence-corrected chi connectivity index (χ0v) is 23.2. The van der Waals surface area contributed by atoms with Crippen molar-refractivity contribution in [3.05, 3.63) is 53.9 Å². The fourth-order valence-corrected chi connectivity index (χ4v) is 7.26. The highest BCUT2D eigenvalue weighted by atomic mass is 19.1. The maximum Gasteiger partial charge on any atom is 0.133 e. The van der Waals surface area contributed by atoms with Gasteiger partial charge in [-0.1, -0.05) is 56.9 Å². The Labute approximate surface area is 221 Å². The average molecular weight is 495 g/mol. The smallest absolute Gasteiger partial charge is 0.133 e. The van der Waals surface area contributed by atoms with Crippen LogP contribution in [0.2, 0.25) is 0 Å². The maximum atomic E-state index is 15.5. The highest BCUT2D eigenvalue weighted by Crippen LogP contribution is 2.44. The summed E-state index contributed by atoms with van der Waals surface area (Å²) in [5.74, 6) is 4.93. The summed E-state index contributed by atoms with van der Waals surface area (Å²) in [5.41, 5.74) is 1.64. The summed E-state index contributed by atoms with van der Waals surface area (Å²) in [6, 6.07) is 4.09. The Morgan fingerprint density at radius 1 is 0.917 bits per heavy atom. The first-order valence-electron chi connectivity index (χ1n) is 15.3. The second-order valence-corrected chi connectivity index (χ2v) is 12.3. The molecule has 2 saturated carbocycles. The predicted molar refractivity (Wildman–Crippen MR) is 151 cm³/mol. The highest BCUT2D eigenvalue weighted by Gasteiger charge is 2.30. The number of halogens is 1. The highest BCUT2D eigenvalue weighted by molar-refractivity contribution is 5.39. The number of benzene rings is 1. The molecule has 0 saturated heterocycles. The number of hydrogen-bond acceptors (Lipinski definition) is 1. The molecule has 1 aromatic rings. The largest absolute Gasteiger partial charge is 0.493 e. The van der Waals surface area contributed by atoms with E-state index < -0.39 is 0 Å². The molecule has 0 radical (unpaired) electrons. The molecule has 0 heterocycles. The fourth-order valence-electron chi connectivity index (χ4n) is 7.26. The third kappa shape index (κ3) is 7.26. The molecule has 2 unspecified atom stereocenters. The van der Waals surface area contributed by atoms with Gasteiger partial charge in [-0.2, -0.15) is 0 Å². The predicted octanol–water partition coefficient (Wildman–Crippen LogP) is 10.3. The minimum Gasteiger partial charge on any atom is -0.493 e. The van der Waals surface area contributed by atoms with Gasteiger partial charge < -0.3 is 4.74 Å². The van der Waals surface area contributed by atoms with E-state index in [1.54, 1.807) is 0 Å². The lowest BCUT2D eigenvalue weighted by Crippen LogP contribution is -2.23. The molecule has 36 heavy (non-hydrogen) atoms. The Morgan fingerprint density at radius 3 is 2.33 bits per heavy atom. The molecule has 4 rings (SSSR count). The quantitative estimate of drug-likeness (QED) is 0.278. The van der Waals surface area contributed by atoms with E-state index in [9.17, 15) is 0 Å². The number of hydrogen-bond donors (Lipinski definition) is 0. The van der Waals surface area contributed by atoms with Gasteiger partial charge in [0.05, 0.1) is 6.61 Å². The lowest BCUT2D eigenvalue weighted by molar-refractivity contribution is 0.178. The van der Waals surface area contributed by atoms with Crippen molar-refractivity contribution < 1.29 is 9.13 Å². The molecule has 2 heteroatoms. The standard InChI is InChI=1S/C34H51FO/c1-4-6-8-26-10-12-28(13-11-26)24-36-33-23-22-32(34(35)25(33)3)31-20-18-30(19-21-31)29-16-14-27(15-17-29)9-7-5-2/h4,14,16,22-23,26-31H,1,5-13,15,17-21,24H2,2-3H3. The van der Waals surface area contributed by atoms with E-state index in [-0.39, 0.29) is 5.82 Å². The van der Waals surface area contributed by atoms with Gasteiger partial charge in [0.2, 0.25) is 0 Å². The first-order valence-corrected chi connectivity index (χ1v) is 15.3. The maximum absolute atomic E-state index is 15.5. The SMILES string of the molecule is C=CCCC1CCC(COc2ccc(C3CCC(C4C=CC(CCCC)CC4)CC3)c(F)c2C)CC1. The van der Waals surface area contributed by atoms with Crippen molar-refractivity contribution in [2.24, 2.45) is 29.6 Å². The van der Waals surface area contributed by atoms with E-state index in [0.29, 0.717) is 17.4 Å². The number of ether oxygens (including phenoxy) is 1. The van der Waals surface area contributed by atoms with Crippen LogP contribution in [-0.2, 0) is 0 Å². The summed E-state index contributed by atoms with van der Waals surface area (Å²) in [5, 5.41) is 0. The van der Waals surface area contributed by atoms with E-state index in [1.807, 2.05) is 19.1 Å². The van der Waals surface area contributed by atoms with Crippen LogP contribution in [0.15, 0.2) is 36.9 Å². The Kier molecular flexibility index (Phi) is 10.5. The van der Waals surface area contributed by atoms with Crippen LogP contribution in [0.4, 0.5) is 4.39 Å². The van der Waals surface area contributed by atoms with Crippen molar-refractivity contribution in [2.75, 3.05) is 6.61 Å². The van der Waals surface area contributed by atoms with E-state index in [2.05, 4.69) is 31.7 Å². The van der Waals surface area contributed by atoms with Crippen molar-refractivity contribution in [3.63, 3.8) is 0 Å². The van der Waals surface area contributed by atoms with E-state index in [0.717, 1.165) is 60.9 Å². The van der Waals surface area contributed by atoms with E-state index in [4.69, 9.17) is 4.74 Å². The van der Waals surface area contributed by atoms with Crippen molar-refractivity contribution in [1.29, 1.82) is 0 Å². The molecule has 0 N–H and O–H groups in total. The van der Waals surface area contributed by atoms with Crippen LogP contribution in [0, 0.1) is 42.3 Å². The molecule has 1 nitrogen and oxygen atoms in total. The summed E-state index contributed by atoms with van der Waals surface area (Å²) in [6.45, 7) is 8.78. The van der Waals surface area contributed by atoms with Gasteiger partial charge >= 0.3 is 0 Å². The normalized spacial score (nSPS) is 30.8. The van der Waals surface area contributed by atoms with Gasteiger partial charge in [0.1, 0.15) is 11.6 Å². The topological polar surface area (TPSA) is 9.23 Å². The summed E-state index contributed by atoms with van der Waals surface area (Å²) in [7, 11) is 0. The van der Waals surface area contributed by atoms with Crippen LogP contribution in [0.1, 0.15) is 120 Å². The third-order valence-corrected chi connectivity index (χ3v) is 9.83. The monoisotopic (exact) mass is 494 g/mol. The van der Waals surface area contributed by atoms with Gasteiger partial charge in [0.15, 0.2) is 0 Å². The van der Waals surface area contributed by atoms with Gasteiger partial charge in [0.25, 0.3) is 0 Å². The first-order chi connectivity index (χ1) is 17.6. The average Bonchev–Trinajstić information content (AvgIpc) is 2.92. The van der Waals surface area contributed by atoms with Gasteiger partial charge in [-0.15, -0.1) is 6.58 Å². The molecule has 3 aliphatic rings.